The van der Waals surface area contributed by atoms with Gasteiger partial charge in [0.2, 0.25) is 0 Å². The van der Waals surface area contributed by atoms with Gasteiger partial charge in [0.15, 0.2) is 5.65 Å². The van der Waals surface area contributed by atoms with Gasteiger partial charge >= 0.3 is 6.09 Å². The molecule has 1 fully saturated rings. The van der Waals surface area contributed by atoms with Gasteiger partial charge in [0.05, 0.1) is 6.20 Å². The predicted molar refractivity (Wildman–Crippen MR) is 136 cm³/mol. The molecule has 1 aliphatic rings. The van der Waals surface area contributed by atoms with Crippen molar-refractivity contribution < 1.29 is 9.53 Å². The number of aromatic nitrogens is 4. The Balaban J connectivity index is 1.16. The van der Waals surface area contributed by atoms with Gasteiger partial charge < -0.3 is 15.0 Å². The van der Waals surface area contributed by atoms with E-state index in [1.807, 2.05) is 54.6 Å². The molecule has 0 bridgehead atoms. The van der Waals surface area contributed by atoms with Crippen molar-refractivity contribution >= 4 is 34.7 Å². The zero-order chi connectivity index (χ0) is 24.3. The van der Waals surface area contributed by atoms with Crippen LogP contribution in [0.15, 0.2) is 60.8 Å². The molecule has 1 saturated heterocycles. The summed E-state index contributed by atoms with van der Waals surface area (Å²) < 4.78 is 5.34. The molecule has 8 nitrogen and oxygen atoms in total. The molecule has 0 spiro atoms. The Morgan fingerprint density at radius 1 is 1.17 bits per heavy atom. The van der Waals surface area contributed by atoms with E-state index in [0.717, 1.165) is 54.1 Å². The van der Waals surface area contributed by atoms with Crippen LogP contribution in [0.1, 0.15) is 25.3 Å². The number of piperidine rings is 1. The summed E-state index contributed by atoms with van der Waals surface area (Å²) in [6.07, 6.45) is 3.25. The molecule has 180 valence electrons. The quantitative estimate of drug-likeness (QED) is 0.385. The SMILES string of the molecule is CC1(CNC(=O)OCc2ccccc2)CCN(c2cnc3c(-c4cccc(Cl)c4)n[nH]c3n2)CC1. The lowest BCUT2D eigenvalue weighted by atomic mass is 9.80. The minimum Gasteiger partial charge on any atom is -0.445 e. The number of hydrogen-bond acceptors (Lipinski definition) is 6. The van der Waals surface area contributed by atoms with Crippen LogP contribution in [0.25, 0.3) is 22.4 Å². The van der Waals surface area contributed by atoms with Crippen molar-refractivity contribution in [1.29, 1.82) is 0 Å². The van der Waals surface area contributed by atoms with E-state index in [1.165, 1.54) is 0 Å². The number of H-pyrrole nitrogens is 1. The van der Waals surface area contributed by atoms with E-state index >= 15 is 0 Å². The molecular weight excluding hydrogens is 464 g/mol. The zero-order valence-electron chi connectivity index (χ0n) is 19.5. The molecule has 0 radical (unpaired) electrons. The van der Waals surface area contributed by atoms with Crippen molar-refractivity contribution in [3.63, 3.8) is 0 Å². The summed E-state index contributed by atoms with van der Waals surface area (Å²) in [7, 11) is 0. The molecule has 1 amide bonds. The van der Waals surface area contributed by atoms with Crippen molar-refractivity contribution in [2.24, 2.45) is 5.41 Å². The van der Waals surface area contributed by atoms with E-state index in [0.29, 0.717) is 17.2 Å². The van der Waals surface area contributed by atoms with Crippen LogP contribution in [-0.2, 0) is 11.3 Å². The second-order valence-corrected chi connectivity index (χ2v) is 9.66. The number of hydrogen-bond donors (Lipinski definition) is 2. The number of anilines is 1. The number of alkyl carbamates (subject to hydrolysis) is 1. The van der Waals surface area contributed by atoms with Crippen molar-refractivity contribution in [3.05, 3.63) is 71.4 Å². The van der Waals surface area contributed by atoms with E-state index in [2.05, 4.69) is 32.3 Å². The van der Waals surface area contributed by atoms with Crippen molar-refractivity contribution in [1.82, 2.24) is 25.5 Å². The summed E-state index contributed by atoms with van der Waals surface area (Å²) in [4.78, 5) is 23.8. The van der Waals surface area contributed by atoms with Crippen LogP contribution in [0, 0.1) is 5.41 Å². The van der Waals surface area contributed by atoms with E-state index in [9.17, 15) is 4.79 Å². The number of amides is 1. The van der Waals surface area contributed by atoms with Gasteiger partial charge in [0.25, 0.3) is 0 Å². The molecule has 4 aromatic rings. The first-order valence-corrected chi connectivity index (χ1v) is 12.0. The largest absolute Gasteiger partial charge is 0.445 e. The van der Waals surface area contributed by atoms with Crippen LogP contribution < -0.4 is 10.2 Å². The first kappa shape index (κ1) is 23.1. The van der Waals surface area contributed by atoms with Crippen molar-refractivity contribution in [2.75, 3.05) is 24.5 Å². The molecule has 0 aliphatic carbocycles. The van der Waals surface area contributed by atoms with Gasteiger partial charge in [-0.05, 0) is 36.0 Å². The van der Waals surface area contributed by atoms with Crippen molar-refractivity contribution in [2.45, 2.75) is 26.4 Å². The smallest absolute Gasteiger partial charge is 0.407 e. The Labute approximate surface area is 208 Å². The molecule has 35 heavy (non-hydrogen) atoms. The van der Waals surface area contributed by atoms with Crippen LogP contribution in [0.3, 0.4) is 0 Å². The lowest BCUT2D eigenvalue weighted by Gasteiger charge is -2.39. The van der Waals surface area contributed by atoms with Crippen LogP contribution in [0.5, 0.6) is 0 Å². The second-order valence-electron chi connectivity index (χ2n) is 9.22. The number of benzene rings is 2. The average Bonchev–Trinajstić information content (AvgIpc) is 3.31. The minimum absolute atomic E-state index is 0.00642. The summed E-state index contributed by atoms with van der Waals surface area (Å²) >= 11 is 6.13. The predicted octanol–water partition coefficient (Wildman–Crippen LogP) is 5.21. The molecule has 3 heterocycles. The molecule has 5 rings (SSSR count). The highest BCUT2D eigenvalue weighted by Crippen LogP contribution is 2.33. The molecule has 2 N–H and O–H groups in total. The van der Waals surface area contributed by atoms with Crippen LogP contribution >= 0.6 is 11.6 Å². The average molecular weight is 491 g/mol. The number of nitrogens with zero attached hydrogens (tertiary/aromatic N) is 4. The number of aromatic amines is 1. The van der Waals surface area contributed by atoms with Gasteiger partial charge in [0.1, 0.15) is 23.6 Å². The monoisotopic (exact) mass is 490 g/mol. The molecule has 1 aliphatic heterocycles. The second kappa shape index (κ2) is 9.92. The first-order valence-electron chi connectivity index (χ1n) is 11.7. The normalized spacial score (nSPS) is 15.2. The van der Waals surface area contributed by atoms with Gasteiger partial charge in [0, 0.05) is 30.2 Å². The Hall–Kier alpha value is -3.65. The van der Waals surface area contributed by atoms with E-state index in [1.54, 1.807) is 6.20 Å². The van der Waals surface area contributed by atoms with Gasteiger partial charge in [-0.25, -0.2) is 14.8 Å². The van der Waals surface area contributed by atoms with E-state index in [4.69, 9.17) is 21.3 Å². The number of carbonyl (C=O) groups is 1. The fourth-order valence-corrected chi connectivity index (χ4v) is 4.48. The third-order valence-corrected chi connectivity index (χ3v) is 6.76. The molecule has 0 saturated carbocycles. The maximum absolute atomic E-state index is 12.2. The summed E-state index contributed by atoms with van der Waals surface area (Å²) in [6, 6.07) is 17.2. The number of rotatable bonds is 6. The lowest BCUT2D eigenvalue weighted by Crippen LogP contribution is -2.45. The number of carbonyl (C=O) groups excluding carboxylic acids is 1. The maximum atomic E-state index is 12.2. The topological polar surface area (TPSA) is 96.0 Å². The minimum atomic E-state index is -0.386. The summed E-state index contributed by atoms with van der Waals surface area (Å²) in [5.41, 5.74) is 3.96. The Morgan fingerprint density at radius 2 is 1.97 bits per heavy atom. The molecule has 2 aromatic heterocycles. The van der Waals surface area contributed by atoms with Gasteiger partial charge in [-0.1, -0.05) is 61.0 Å². The molecule has 2 aromatic carbocycles. The van der Waals surface area contributed by atoms with Crippen LogP contribution in [-0.4, -0.2) is 45.9 Å². The van der Waals surface area contributed by atoms with E-state index < -0.39 is 0 Å². The molecule has 0 atom stereocenters. The molecule has 9 heteroatoms. The zero-order valence-corrected chi connectivity index (χ0v) is 20.3. The highest BCUT2D eigenvalue weighted by molar-refractivity contribution is 6.30. The fraction of sp³-hybridized carbons (Fsp3) is 0.308. The van der Waals surface area contributed by atoms with E-state index in [-0.39, 0.29) is 18.1 Å². The van der Waals surface area contributed by atoms with Crippen molar-refractivity contribution in [3.8, 4) is 11.3 Å². The van der Waals surface area contributed by atoms with Gasteiger partial charge in [-0.2, -0.15) is 5.10 Å². The Bertz CT molecular complexity index is 1320. The highest BCUT2D eigenvalue weighted by atomic mass is 35.5. The lowest BCUT2D eigenvalue weighted by molar-refractivity contribution is 0.131. The van der Waals surface area contributed by atoms with Crippen LogP contribution in [0.2, 0.25) is 5.02 Å². The number of ether oxygens (including phenoxy) is 1. The standard InChI is InChI=1S/C26H27ClN6O2/c1-26(17-29-25(34)35-16-18-6-3-2-4-7-18)10-12-33(13-11-26)21-15-28-23-22(31-32-24(23)30-21)19-8-5-9-20(27)14-19/h2-9,14-15H,10-13,16-17H2,1H3,(H,29,34)(H,30,31,32). The number of halogens is 1. The van der Waals surface area contributed by atoms with Crippen LogP contribution in [0.4, 0.5) is 10.6 Å². The third-order valence-electron chi connectivity index (χ3n) is 6.52. The maximum Gasteiger partial charge on any atom is 0.407 e. The first-order chi connectivity index (χ1) is 17.0. The summed E-state index contributed by atoms with van der Waals surface area (Å²) in [5, 5.41) is 11.0. The fourth-order valence-electron chi connectivity index (χ4n) is 4.29. The number of fused-ring (bicyclic) bond motifs is 1. The third kappa shape index (κ3) is 5.38. The molecular formula is C26H27ClN6O2. The summed E-state index contributed by atoms with van der Waals surface area (Å²) in [5.74, 6) is 0.816. The number of nitrogens with one attached hydrogen (secondary N) is 2. The van der Waals surface area contributed by atoms with Gasteiger partial charge in [-0.3, -0.25) is 5.10 Å². The Morgan fingerprint density at radius 3 is 2.74 bits per heavy atom. The Kier molecular flexibility index (Phi) is 6.55. The van der Waals surface area contributed by atoms with Gasteiger partial charge in [-0.15, -0.1) is 0 Å². The molecule has 0 unspecified atom stereocenters. The summed E-state index contributed by atoms with van der Waals surface area (Å²) in [6.45, 7) is 4.69. The highest BCUT2D eigenvalue weighted by Gasteiger charge is 2.31.